The molecular weight excluding hydrogens is 342 g/mol. The average Bonchev–Trinajstić information content (AvgIpc) is 2.57. The smallest absolute Gasteiger partial charge is 0.165 e. The number of thioether (sulfide) groups is 1. The van der Waals surface area contributed by atoms with Crippen molar-refractivity contribution in [3.05, 3.63) is 76.5 Å². The monoisotopic (exact) mass is 357 g/mol. The average molecular weight is 358 g/mol. The molecule has 1 aliphatic rings. The molecule has 2 aromatic rings. The van der Waals surface area contributed by atoms with Gasteiger partial charge in [-0.25, -0.2) is 4.99 Å². The number of rotatable bonds is 3. The number of carbonyl (C=O) groups is 1. The number of aliphatic imine (C=N–C) groups is 1. The Bertz CT molecular complexity index is 813. The van der Waals surface area contributed by atoms with Crippen molar-refractivity contribution in [3.63, 3.8) is 0 Å². The maximum Gasteiger partial charge on any atom is 0.165 e. The van der Waals surface area contributed by atoms with Crippen LogP contribution in [0.2, 0.25) is 5.02 Å². The minimum absolute atomic E-state index is 0.0281. The predicted octanol–water partition coefficient (Wildman–Crippen LogP) is 5.65. The Kier molecular flexibility index (Phi) is 5.07. The Labute approximate surface area is 150 Å². The zero-order valence-electron chi connectivity index (χ0n) is 13.1. The summed E-state index contributed by atoms with van der Waals surface area (Å²) in [5, 5.41) is 11.6. The van der Waals surface area contributed by atoms with Crippen LogP contribution in [0.15, 0.2) is 70.9 Å². The van der Waals surface area contributed by atoms with Crippen LogP contribution < -0.4 is 0 Å². The highest BCUT2D eigenvalue weighted by Gasteiger charge is 2.30. The molecule has 1 atom stereocenters. The van der Waals surface area contributed by atoms with E-state index in [4.69, 9.17) is 11.6 Å². The van der Waals surface area contributed by atoms with E-state index in [1.807, 2.05) is 30.3 Å². The molecule has 0 saturated carbocycles. The van der Waals surface area contributed by atoms with Gasteiger partial charge in [-0.3, -0.25) is 4.79 Å². The number of halogens is 1. The number of nitrogens with zero attached hydrogens (tertiary/aromatic N) is 1. The second-order valence-electron chi connectivity index (χ2n) is 5.49. The lowest BCUT2D eigenvalue weighted by Gasteiger charge is -2.24. The molecule has 3 rings (SSSR count). The molecule has 3 nitrogen and oxygen atoms in total. The summed E-state index contributed by atoms with van der Waals surface area (Å²) >= 11 is 7.40. The van der Waals surface area contributed by atoms with Gasteiger partial charge in [0.2, 0.25) is 0 Å². The number of ketones is 1. The van der Waals surface area contributed by atoms with Crippen LogP contribution in [0.25, 0.3) is 0 Å². The number of benzene rings is 2. The topological polar surface area (TPSA) is 49.7 Å². The van der Waals surface area contributed by atoms with Crippen LogP contribution in [-0.2, 0) is 4.79 Å². The Morgan fingerprint density at radius 2 is 1.83 bits per heavy atom. The van der Waals surface area contributed by atoms with Crippen LogP contribution in [0, 0.1) is 0 Å². The second-order valence-corrected chi connectivity index (χ2v) is 7.12. The first-order valence-electron chi connectivity index (χ1n) is 7.54. The van der Waals surface area contributed by atoms with Crippen molar-refractivity contribution < 1.29 is 9.90 Å². The third-order valence-electron chi connectivity index (χ3n) is 3.72. The van der Waals surface area contributed by atoms with Gasteiger partial charge >= 0.3 is 0 Å². The van der Waals surface area contributed by atoms with Crippen LogP contribution in [0.5, 0.6) is 0 Å². The lowest BCUT2D eigenvalue weighted by atomic mass is 10.0. The van der Waals surface area contributed by atoms with E-state index in [9.17, 15) is 9.90 Å². The molecular formula is C19H16ClNO2S. The van der Waals surface area contributed by atoms with E-state index in [2.05, 4.69) is 4.99 Å². The summed E-state index contributed by atoms with van der Waals surface area (Å²) in [5.41, 5.74) is 2.10. The van der Waals surface area contributed by atoms with Gasteiger partial charge in [-0.05, 0) is 36.8 Å². The van der Waals surface area contributed by atoms with E-state index in [-0.39, 0.29) is 16.8 Å². The summed E-state index contributed by atoms with van der Waals surface area (Å²) in [6, 6.07) is 17.0. The number of hydrogen-bond acceptors (Lipinski definition) is 4. The third-order valence-corrected chi connectivity index (χ3v) is 5.21. The summed E-state index contributed by atoms with van der Waals surface area (Å²) < 4.78 is 0. The zero-order chi connectivity index (χ0) is 17.1. The number of Topliss-reactive ketones (excluding diaryl/α,β-unsaturated/α-hetero) is 1. The first-order valence-corrected chi connectivity index (χ1v) is 8.79. The van der Waals surface area contributed by atoms with Crippen molar-refractivity contribution >= 4 is 39.9 Å². The molecule has 122 valence electrons. The molecule has 1 N–H and O–H groups in total. The van der Waals surface area contributed by atoms with E-state index in [1.165, 1.54) is 18.7 Å². The minimum atomic E-state index is -0.181. The number of carbonyl (C=O) groups excluding carboxylic acids is 1. The fourth-order valence-corrected chi connectivity index (χ4v) is 4.03. The lowest BCUT2D eigenvalue weighted by molar-refractivity contribution is -0.113. The van der Waals surface area contributed by atoms with Crippen molar-refractivity contribution in [3.8, 4) is 0 Å². The van der Waals surface area contributed by atoms with Gasteiger partial charge < -0.3 is 5.11 Å². The van der Waals surface area contributed by atoms with Crippen LogP contribution in [0.3, 0.4) is 0 Å². The molecule has 2 aromatic carbocycles. The van der Waals surface area contributed by atoms with Gasteiger partial charge in [0.1, 0.15) is 10.8 Å². The molecule has 0 bridgehead atoms. The largest absolute Gasteiger partial charge is 0.511 e. The van der Waals surface area contributed by atoms with Crippen molar-refractivity contribution in [2.45, 2.75) is 18.6 Å². The quantitative estimate of drug-likeness (QED) is 0.772. The summed E-state index contributed by atoms with van der Waals surface area (Å²) in [5.74, 6) is -0.0814. The number of aliphatic hydroxyl groups is 1. The molecule has 1 heterocycles. The SMILES string of the molecule is CC(=O)C1=C(O)CC(c2ccccc2)SC1=Nc1ccc(Cl)cc1. The van der Waals surface area contributed by atoms with E-state index in [0.29, 0.717) is 27.7 Å². The third kappa shape index (κ3) is 3.71. The van der Waals surface area contributed by atoms with E-state index in [0.717, 1.165) is 5.56 Å². The summed E-state index contributed by atoms with van der Waals surface area (Å²) in [7, 11) is 0. The van der Waals surface area contributed by atoms with Crippen molar-refractivity contribution in [2.24, 2.45) is 4.99 Å². The van der Waals surface area contributed by atoms with Crippen LogP contribution >= 0.6 is 23.4 Å². The molecule has 24 heavy (non-hydrogen) atoms. The van der Waals surface area contributed by atoms with Crippen molar-refractivity contribution in [2.75, 3.05) is 0 Å². The number of allylic oxidation sites excluding steroid dienone is 1. The fraction of sp³-hybridized carbons (Fsp3) is 0.158. The standard InChI is InChI=1S/C19H16ClNO2S/c1-12(22)18-16(23)11-17(13-5-3-2-4-6-13)24-19(18)21-15-9-7-14(20)8-10-15/h2-10,17,23H,11H2,1H3. The molecule has 0 spiro atoms. The summed E-state index contributed by atoms with van der Waals surface area (Å²) in [4.78, 5) is 16.5. The molecule has 1 aliphatic heterocycles. The van der Waals surface area contributed by atoms with Crippen LogP contribution in [0.1, 0.15) is 24.2 Å². The minimum Gasteiger partial charge on any atom is -0.511 e. The van der Waals surface area contributed by atoms with Gasteiger partial charge in [0.05, 0.1) is 11.3 Å². The molecule has 0 aliphatic carbocycles. The van der Waals surface area contributed by atoms with Crippen molar-refractivity contribution in [1.82, 2.24) is 0 Å². The van der Waals surface area contributed by atoms with Crippen LogP contribution in [0.4, 0.5) is 5.69 Å². The van der Waals surface area contributed by atoms with E-state index >= 15 is 0 Å². The molecule has 0 radical (unpaired) electrons. The summed E-state index contributed by atoms with van der Waals surface area (Å²) in [6.07, 6.45) is 0.420. The number of hydrogen-bond donors (Lipinski definition) is 1. The predicted molar refractivity (Wildman–Crippen MR) is 100 cm³/mol. The summed E-state index contributed by atoms with van der Waals surface area (Å²) in [6.45, 7) is 1.45. The van der Waals surface area contributed by atoms with Gasteiger partial charge in [-0.2, -0.15) is 0 Å². The van der Waals surface area contributed by atoms with Gasteiger partial charge in [0.15, 0.2) is 5.78 Å². The second kappa shape index (κ2) is 7.24. The maximum absolute atomic E-state index is 12.0. The molecule has 0 saturated heterocycles. The van der Waals surface area contributed by atoms with Crippen LogP contribution in [-0.4, -0.2) is 15.9 Å². The molecule has 0 aromatic heterocycles. The highest BCUT2D eigenvalue weighted by Crippen LogP contribution is 2.43. The Balaban J connectivity index is 2.01. The maximum atomic E-state index is 12.0. The molecule has 0 fully saturated rings. The van der Waals surface area contributed by atoms with E-state index < -0.39 is 0 Å². The zero-order valence-corrected chi connectivity index (χ0v) is 14.6. The van der Waals surface area contributed by atoms with Gasteiger partial charge in [0.25, 0.3) is 0 Å². The number of aliphatic hydroxyl groups excluding tert-OH is 1. The molecule has 1 unspecified atom stereocenters. The Morgan fingerprint density at radius 3 is 2.46 bits per heavy atom. The first-order chi connectivity index (χ1) is 11.5. The van der Waals surface area contributed by atoms with E-state index in [1.54, 1.807) is 24.3 Å². The first kappa shape index (κ1) is 16.8. The Morgan fingerprint density at radius 1 is 1.17 bits per heavy atom. The highest BCUT2D eigenvalue weighted by molar-refractivity contribution is 8.14. The highest BCUT2D eigenvalue weighted by atomic mass is 35.5. The molecule has 0 amide bonds. The molecule has 5 heteroatoms. The fourth-order valence-electron chi connectivity index (χ4n) is 2.56. The van der Waals surface area contributed by atoms with Gasteiger partial charge in [-0.15, -0.1) is 0 Å². The normalized spacial score (nSPS) is 19.6. The lowest BCUT2D eigenvalue weighted by Crippen LogP contribution is -2.18. The Hall–Kier alpha value is -2.04. The van der Waals surface area contributed by atoms with Gasteiger partial charge in [-0.1, -0.05) is 53.7 Å². The van der Waals surface area contributed by atoms with Gasteiger partial charge in [0, 0.05) is 16.7 Å². The van der Waals surface area contributed by atoms with Crippen molar-refractivity contribution in [1.29, 1.82) is 0 Å².